The lowest BCUT2D eigenvalue weighted by atomic mass is 10.2. The minimum absolute atomic E-state index is 0.127. The van der Waals surface area contributed by atoms with E-state index in [-0.39, 0.29) is 16.4 Å². The van der Waals surface area contributed by atoms with Crippen LogP contribution in [0.2, 0.25) is 5.02 Å². The fourth-order valence-corrected chi connectivity index (χ4v) is 2.19. The summed E-state index contributed by atoms with van der Waals surface area (Å²) >= 11 is 5.99. The van der Waals surface area contributed by atoms with Gasteiger partial charge in [-0.3, -0.25) is 0 Å². The monoisotopic (exact) mass is 305 g/mol. The first-order valence-electron chi connectivity index (χ1n) is 5.99. The molecule has 3 aromatic rings. The molecule has 0 saturated carbocycles. The summed E-state index contributed by atoms with van der Waals surface area (Å²) in [5.41, 5.74) is 0.860. The van der Waals surface area contributed by atoms with E-state index in [1.165, 1.54) is 29.8 Å². The minimum Gasteiger partial charge on any atom is -0.465 e. The number of ether oxygens (including phenoxy) is 1. The third-order valence-electron chi connectivity index (χ3n) is 2.94. The number of fused-ring (bicyclic) bond motifs is 1. The summed E-state index contributed by atoms with van der Waals surface area (Å²) in [4.78, 5) is 15.7. The van der Waals surface area contributed by atoms with Crippen LogP contribution in [0.4, 0.5) is 4.39 Å². The summed E-state index contributed by atoms with van der Waals surface area (Å²) in [7, 11) is 1.29. The zero-order valence-electron chi connectivity index (χ0n) is 10.9. The molecule has 1 aromatic carbocycles. The van der Waals surface area contributed by atoms with Gasteiger partial charge in [-0.25, -0.2) is 18.7 Å². The third kappa shape index (κ3) is 2.34. The highest BCUT2D eigenvalue weighted by Gasteiger charge is 2.16. The van der Waals surface area contributed by atoms with E-state index < -0.39 is 11.8 Å². The van der Waals surface area contributed by atoms with Gasteiger partial charge in [0.25, 0.3) is 0 Å². The van der Waals surface area contributed by atoms with Crippen LogP contribution in [-0.4, -0.2) is 27.7 Å². The van der Waals surface area contributed by atoms with E-state index in [1.54, 1.807) is 18.3 Å². The van der Waals surface area contributed by atoms with E-state index in [4.69, 9.17) is 11.6 Å². The number of carbonyl (C=O) groups is 1. The molecule has 0 atom stereocenters. The number of pyridine rings is 1. The third-order valence-corrected chi connectivity index (χ3v) is 3.26. The number of benzene rings is 1. The van der Waals surface area contributed by atoms with Crippen LogP contribution in [0.5, 0.6) is 0 Å². The molecule has 0 bridgehead atoms. The summed E-state index contributed by atoms with van der Waals surface area (Å²) in [5, 5.41) is 4.38. The van der Waals surface area contributed by atoms with Crippen molar-refractivity contribution < 1.29 is 13.9 Å². The summed E-state index contributed by atoms with van der Waals surface area (Å²) < 4.78 is 20.0. The van der Waals surface area contributed by atoms with Gasteiger partial charge in [0.15, 0.2) is 11.5 Å². The lowest BCUT2D eigenvalue weighted by Gasteiger charge is -1.99. The number of hydrogen-bond donors (Lipinski definition) is 0. The van der Waals surface area contributed by atoms with Crippen molar-refractivity contribution in [3.05, 3.63) is 52.9 Å². The number of hydrogen-bond acceptors (Lipinski definition) is 4. The van der Waals surface area contributed by atoms with Gasteiger partial charge >= 0.3 is 5.97 Å². The first-order chi connectivity index (χ1) is 10.1. The summed E-state index contributed by atoms with van der Waals surface area (Å²) in [6, 6.07) is 7.40. The second-order valence-corrected chi connectivity index (χ2v) is 4.65. The topological polar surface area (TPSA) is 56.5 Å². The van der Waals surface area contributed by atoms with Gasteiger partial charge < -0.3 is 4.74 Å². The number of nitrogens with zero attached hydrogens (tertiary/aromatic N) is 3. The first kappa shape index (κ1) is 13.5. The Labute approximate surface area is 123 Å². The second kappa shape index (κ2) is 5.14. The molecule has 0 N–H and O–H groups in total. The number of halogens is 2. The zero-order valence-corrected chi connectivity index (χ0v) is 11.6. The Bertz CT molecular complexity index is 827. The van der Waals surface area contributed by atoms with Crippen molar-refractivity contribution in [1.29, 1.82) is 0 Å². The summed E-state index contributed by atoms with van der Waals surface area (Å²) in [5.74, 6) is -0.835. The molecule has 0 aliphatic heterocycles. The molecular weight excluding hydrogens is 297 g/mol. The Morgan fingerprint density at radius 3 is 2.90 bits per heavy atom. The van der Waals surface area contributed by atoms with Gasteiger partial charge in [0.2, 0.25) is 0 Å². The second-order valence-electron chi connectivity index (χ2n) is 4.24. The van der Waals surface area contributed by atoms with Crippen LogP contribution in [0.1, 0.15) is 10.4 Å². The average molecular weight is 306 g/mol. The molecule has 106 valence electrons. The molecule has 0 aliphatic carbocycles. The quantitative estimate of drug-likeness (QED) is 0.683. The number of rotatable bonds is 2. The molecule has 0 amide bonds. The van der Waals surface area contributed by atoms with Crippen LogP contribution in [0.3, 0.4) is 0 Å². The molecule has 3 rings (SSSR count). The van der Waals surface area contributed by atoms with Crippen LogP contribution in [-0.2, 0) is 4.74 Å². The Balaban J connectivity index is 2.15. The van der Waals surface area contributed by atoms with Gasteiger partial charge in [-0.2, -0.15) is 0 Å². The van der Waals surface area contributed by atoms with Crippen molar-refractivity contribution in [2.24, 2.45) is 0 Å². The molecule has 5 nitrogen and oxygen atoms in total. The van der Waals surface area contributed by atoms with Crippen LogP contribution in [0.15, 0.2) is 36.5 Å². The Kier molecular flexibility index (Phi) is 3.31. The lowest BCUT2D eigenvalue weighted by molar-refractivity contribution is 0.0600. The average Bonchev–Trinajstić information content (AvgIpc) is 2.88. The van der Waals surface area contributed by atoms with Crippen molar-refractivity contribution in [2.45, 2.75) is 0 Å². The fraction of sp³-hybridized carbons (Fsp3) is 0.0714. The number of methoxy groups -OCH3 is 1. The Morgan fingerprint density at radius 1 is 1.38 bits per heavy atom. The van der Waals surface area contributed by atoms with Crippen molar-refractivity contribution in [2.75, 3.05) is 7.11 Å². The normalized spacial score (nSPS) is 10.8. The lowest BCUT2D eigenvalue weighted by Crippen LogP contribution is -2.02. The van der Waals surface area contributed by atoms with E-state index in [0.29, 0.717) is 11.2 Å². The Morgan fingerprint density at radius 2 is 2.19 bits per heavy atom. The van der Waals surface area contributed by atoms with Gasteiger partial charge in [-0.15, -0.1) is 5.10 Å². The first-order valence-corrected chi connectivity index (χ1v) is 6.37. The van der Waals surface area contributed by atoms with Crippen LogP contribution in [0.25, 0.3) is 17.0 Å². The molecule has 7 heteroatoms. The van der Waals surface area contributed by atoms with Gasteiger partial charge in [0.05, 0.1) is 23.3 Å². The van der Waals surface area contributed by atoms with Gasteiger partial charge in [-0.05, 0) is 24.3 Å². The van der Waals surface area contributed by atoms with Gasteiger partial charge in [0.1, 0.15) is 5.82 Å². The van der Waals surface area contributed by atoms with Crippen molar-refractivity contribution in [3.8, 4) is 11.4 Å². The molecule has 0 radical (unpaired) electrons. The van der Waals surface area contributed by atoms with Crippen molar-refractivity contribution in [3.63, 3.8) is 0 Å². The number of aromatic nitrogens is 3. The van der Waals surface area contributed by atoms with E-state index >= 15 is 0 Å². The zero-order chi connectivity index (χ0) is 15.0. The maximum atomic E-state index is 13.9. The number of carbonyl (C=O) groups excluding carboxylic acids is 1. The molecule has 2 heterocycles. The predicted molar refractivity (Wildman–Crippen MR) is 74.7 cm³/mol. The van der Waals surface area contributed by atoms with E-state index in [2.05, 4.69) is 14.8 Å². The molecule has 0 saturated heterocycles. The van der Waals surface area contributed by atoms with Gasteiger partial charge in [0, 0.05) is 6.20 Å². The SMILES string of the molecule is COC(=O)c1ccn2nc(-c3c(F)cccc3Cl)nc2c1. The highest BCUT2D eigenvalue weighted by Crippen LogP contribution is 2.28. The molecular formula is C14H9ClFN3O2. The molecule has 21 heavy (non-hydrogen) atoms. The highest BCUT2D eigenvalue weighted by molar-refractivity contribution is 6.33. The summed E-state index contributed by atoms with van der Waals surface area (Å²) in [6.07, 6.45) is 1.55. The maximum Gasteiger partial charge on any atom is 0.338 e. The standard InChI is InChI=1S/C14H9ClFN3O2/c1-21-14(20)8-5-6-19-11(7-8)17-13(18-19)12-9(15)3-2-4-10(12)16/h2-7H,1H3. The van der Waals surface area contributed by atoms with E-state index in [9.17, 15) is 9.18 Å². The molecule has 2 aromatic heterocycles. The van der Waals surface area contributed by atoms with Crippen molar-refractivity contribution >= 4 is 23.2 Å². The molecule has 0 spiro atoms. The summed E-state index contributed by atoms with van der Waals surface area (Å²) in [6.45, 7) is 0. The number of esters is 1. The van der Waals surface area contributed by atoms with E-state index in [0.717, 1.165) is 0 Å². The van der Waals surface area contributed by atoms with E-state index in [1.807, 2.05) is 0 Å². The predicted octanol–water partition coefficient (Wildman–Crippen LogP) is 2.98. The van der Waals surface area contributed by atoms with Crippen LogP contribution < -0.4 is 0 Å². The highest BCUT2D eigenvalue weighted by atomic mass is 35.5. The van der Waals surface area contributed by atoms with Crippen LogP contribution in [0, 0.1) is 5.82 Å². The Hall–Kier alpha value is -2.47. The van der Waals surface area contributed by atoms with Gasteiger partial charge in [-0.1, -0.05) is 17.7 Å². The van der Waals surface area contributed by atoms with Crippen LogP contribution >= 0.6 is 11.6 Å². The molecule has 0 fully saturated rings. The van der Waals surface area contributed by atoms with Crippen molar-refractivity contribution in [1.82, 2.24) is 14.6 Å². The molecule has 0 unspecified atom stereocenters. The maximum absolute atomic E-state index is 13.9. The minimum atomic E-state index is -0.508. The largest absolute Gasteiger partial charge is 0.465 e. The fourth-order valence-electron chi connectivity index (χ4n) is 1.94. The molecule has 0 aliphatic rings. The smallest absolute Gasteiger partial charge is 0.338 e.